The van der Waals surface area contributed by atoms with Crippen LogP contribution in [0.5, 0.6) is 0 Å². The molecule has 0 amide bonds. The van der Waals surface area contributed by atoms with Crippen LogP contribution in [-0.2, 0) is 9.83 Å². The first kappa shape index (κ1) is 11.6. The molecule has 0 radical (unpaired) electrons. The average Bonchev–Trinajstić information content (AvgIpc) is 2.45. The maximum Gasteiger partial charge on any atom is 0.0835 e. The van der Waals surface area contributed by atoms with Crippen molar-refractivity contribution >= 4 is 20.6 Å². The highest BCUT2D eigenvalue weighted by Crippen LogP contribution is 2.29. The number of hydrogen-bond acceptors (Lipinski definition) is 2. The second-order valence-corrected chi connectivity index (χ2v) is 7.70. The summed E-state index contributed by atoms with van der Waals surface area (Å²) in [6.07, 6.45) is 6.28. The average molecular weight is 220 g/mol. The van der Waals surface area contributed by atoms with Crippen LogP contribution in [0.3, 0.4) is 0 Å². The Balaban J connectivity index is 2.02. The van der Waals surface area contributed by atoms with E-state index in [9.17, 15) is 4.21 Å². The third-order valence-electron chi connectivity index (χ3n) is 2.47. The van der Waals surface area contributed by atoms with Crippen LogP contribution in [0, 0.1) is 5.92 Å². The summed E-state index contributed by atoms with van der Waals surface area (Å²) in [6, 6.07) is 0. The van der Waals surface area contributed by atoms with Gasteiger partial charge in [-0.1, -0.05) is 43.9 Å². The van der Waals surface area contributed by atoms with Crippen LogP contribution in [0.15, 0.2) is 0 Å². The van der Waals surface area contributed by atoms with Gasteiger partial charge in [0.15, 0.2) is 0 Å². The summed E-state index contributed by atoms with van der Waals surface area (Å²) >= 11 is 0. The standard InChI is InChI=1S/C10H20OS2/c1-9(2)5-3-4-6-10-7-8-12-13(10)11/h9-10H,3-8H2,1-2H3. The van der Waals surface area contributed by atoms with Gasteiger partial charge in [-0.25, -0.2) is 4.21 Å². The molecule has 0 aromatic heterocycles. The summed E-state index contributed by atoms with van der Waals surface area (Å²) in [6.45, 7) is 4.53. The van der Waals surface area contributed by atoms with Gasteiger partial charge in [-0.15, -0.1) is 0 Å². The smallest absolute Gasteiger partial charge is 0.0835 e. The van der Waals surface area contributed by atoms with Crippen molar-refractivity contribution < 1.29 is 4.21 Å². The Labute approximate surface area is 87.9 Å². The molecule has 0 aliphatic carbocycles. The fourth-order valence-corrected chi connectivity index (χ4v) is 5.11. The molecule has 0 N–H and O–H groups in total. The largest absolute Gasteiger partial charge is 0.248 e. The Morgan fingerprint density at radius 1 is 1.46 bits per heavy atom. The SMILES string of the molecule is CC(C)CCCCC1CCSS1=O. The number of unbranched alkanes of at least 4 members (excludes halogenated alkanes) is 1. The quantitative estimate of drug-likeness (QED) is 0.522. The molecule has 78 valence electrons. The molecule has 13 heavy (non-hydrogen) atoms. The van der Waals surface area contributed by atoms with E-state index in [2.05, 4.69) is 13.8 Å². The zero-order chi connectivity index (χ0) is 9.68. The molecule has 1 nitrogen and oxygen atoms in total. The third kappa shape index (κ3) is 4.50. The molecule has 1 heterocycles. The Bertz CT molecular complexity index is 168. The lowest BCUT2D eigenvalue weighted by atomic mass is 10.0. The number of hydrogen-bond donors (Lipinski definition) is 0. The fraction of sp³-hybridized carbons (Fsp3) is 1.00. The highest BCUT2D eigenvalue weighted by molar-refractivity contribution is 8.69. The lowest BCUT2D eigenvalue weighted by Gasteiger charge is -2.07. The Morgan fingerprint density at radius 2 is 2.23 bits per heavy atom. The van der Waals surface area contributed by atoms with Gasteiger partial charge in [0.05, 0.1) is 9.83 Å². The van der Waals surface area contributed by atoms with Gasteiger partial charge >= 0.3 is 0 Å². The van der Waals surface area contributed by atoms with Crippen molar-refractivity contribution in [1.82, 2.24) is 0 Å². The van der Waals surface area contributed by atoms with Gasteiger partial charge in [0.25, 0.3) is 0 Å². The Hall–Kier alpha value is 0.500. The second-order valence-electron chi connectivity index (χ2n) is 4.17. The van der Waals surface area contributed by atoms with Gasteiger partial charge in [-0.05, 0) is 18.8 Å². The number of rotatable bonds is 5. The predicted octanol–water partition coefficient (Wildman–Crippen LogP) is 3.37. The van der Waals surface area contributed by atoms with Crippen LogP contribution < -0.4 is 0 Å². The summed E-state index contributed by atoms with van der Waals surface area (Å²) in [7, 11) is 1.08. The topological polar surface area (TPSA) is 17.1 Å². The van der Waals surface area contributed by atoms with E-state index in [4.69, 9.17) is 0 Å². The van der Waals surface area contributed by atoms with Crippen LogP contribution in [0.2, 0.25) is 0 Å². The molecular formula is C10H20OS2. The molecule has 0 aromatic carbocycles. The van der Waals surface area contributed by atoms with Gasteiger partial charge in [0.2, 0.25) is 0 Å². The maximum atomic E-state index is 11.4. The van der Waals surface area contributed by atoms with E-state index in [1.807, 2.05) is 0 Å². The van der Waals surface area contributed by atoms with E-state index in [0.717, 1.165) is 11.7 Å². The normalized spacial score (nSPS) is 28.5. The molecule has 0 aromatic rings. The molecule has 0 spiro atoms. The van der Waals surface area contributed by atoms with Crippen molar-refractivity contribution in [2.75, 3.05) is 5.75 Å². The van der Waals surface area contributed by atoms with Crippen molar-refractivity contribution in [2.45, 2.75) is 51.2 Å². The molecule has 1 saturated heterocycles. The van der Waals surface area contributed by atoms with Gasteiger partial charge in [0, 0.05) is 11.0 Å². The van der Waals surface area contributed by atoms with Crippen molar-refractivity contribution in [3.8, 4) is 0 Å². The molecule has 1 fully saturated rings. The van der Waals surface area contributed by atoms with Crippen molar-refractivity contribution in [3.05, 3.63) is 0 Å². The van der Waals surface area contributed by atoms with Gasteiger partial charge in [-0.2, -0.15) is 0 Å². The van der Waals surface area contributed by atoms with Crippen LogP contribution in [-0.4, -0.2) is 15.2 Å². The first-order valence-electron chi connectivity index (χ1n) is 5.24. The van der Waals surface area contributed by atoms with Crippen LogP contribution in [0.25, 0.3) is 0 Å². The fourth-order valence-electron chi connectivity index (χ4n) is 1.62. The molecular weight excluding hydrogens is 200 g/mol. The van der Waals surface area contributed by atoms with E-state index in [0.29, 0.717) is 5.25 Å². The minimum Gasteiger partial charge on any atom is -0.248 e. The van der Waals surface area contributed by atoms with Crippen molar-refractivity contribution in [1.29, 1.82) is 0 Å². The zero-order valence-corrected chi connectivity index (χ0v) is 10.3. The predicted molar refractivity (Wildman–Crippen MR) is 62.3 cm³/mol. The van der Waals surface area contributed by atoms with Crippen molar-refractivity contribution in [3.63, 3.8) is 0 Å². The molecule has 2 atom stereocenters. The van der Waals surface area contributed by atoms with Crippen LogP contribution >= 0.6 is 10.8 Å². The van der Waals surface area contributed by atoms with E-state index in [1.165, 1.54) is 32.1 Å². The lowest BCUT2D eigenvalue weighted by Crippen LogP contribution is -2.06. The van der Waals surface area contributed by atoms with E-state index in [1.54, 1.807) is 10.8 Å². The first-order valence-corrected chi connectivity index (χ1v) is 7.95. The van der Waals surface area contributed by atoms with Crippen LogP contribution in [0.1, 0.15) is 46.0 Å². The van der Waals surface area contributed by atoms with Gasteiger partial charge in [0.1, 0.15) is 0 Å². The Morgan fingerprint density at radius 3 is 2.77 bits per heavy atom. The summed E-state index contributed by atoms with van der Waals surface area (Å²) in [5.74, 6) is 1.94. The van der Waals surface area contributed by atoms with Crippen LogP contribution in [0.4, 0.5) is 0 Å². The first-order chi connectivity index (χ1) is 6.20. The molecule has 2 unspecified atom stereocenters. The van der Waals surface area contributed by atoms with E-state index < -0.39 is 9.83 Å². The molecule has 0 bridgehead atoms. The second kappa shape index (κ2) is 6.07. The van der Waals surface area contributed by atoms with E-state index >= 15 is 0 Å². The van der Waals surface area contributed by atoms with Gasteiger partial charge in [-0.3, -0.25) is 0 Å². The van der Waals surface area contributed by atoms with Gasteiger partial charge < -0.3 is 0 Å². The molecule has 3 heteroatoms. The summed E-state index contributed by atoms with van der Waals surface area (Å²) < 4.78 is 11.4. The molecule has 0 saturated carbocycles. The van der Waals surface area contributed by atoms with Crippen molar-refractivity contribution in [2.24, 2.45) is 5.92 Å². The summed E-state index contributed by atoms with van der Waals surface area (Å²) in [5.41, 5.74) is 0. The highest BCUT2D eigenvalue weighted by Gasteiger charge is 2.22. The minimum atomic E-state index is -0.558. The maximum absolute atomic E-state index is 11.4. The summed E-state index contributed by atoms with van der Waals surface area (Å²) in [5, 5.41) is 0.511. The molecule has 1 aliphatic heterocycles. The lowest BCUT2D eigenvalue weighted by molar-refractivity contribution is 0.520. The molecule has 1 rings (SSSR count). The molecule has 1 aliphatic rings. The zero-order valence-electron chi connectivity index (χ0n) is 8.62. The van der Waals surface area contributed by atoms with E-state index in [-0.39, 0.29) is 0 Å². The minimum absolute atomic E-state index is 0.511. The third-order valence-corrected chi connectivity index (χ3v) is 6.13. The summed E-state index contributed by atoms with van der Waals surface area (Å²) in [4.78, 5) is 0. The Kier molecular flexibility index (Phi) is 5.41. The highest BCUT2D eigenvalue weighted by atomic mass is 33.1. The monoisotopic (exact) mass is 220 g/mol.